The Morgan fingerprint density at radius 1 is 1.04 bits per heavy atom. The van der Waals surface area contributed by atoms with Gasteiger partial charge in [0.25, 0.3) is 5.91 Å². The minimum absolute atomic E-state index is 0.0866. The zero-order chi connectivity index (χ0) is 18.4. The predicted molar refractivity (Wildman–Crippen MR) is 101 cm³/mol. The maximum absolute atomic E-state index is 12.7. The SMILES string of the molecule is Nc1ccccc1CCC(=O)Nc1ccccc1C(=O)N1CCOCC1. The summed E-state index contributed by atoms with van der Waals surface area (Å²) in [5.41, 5.74) is 8.58. The van der Waals surface area contributed by atoms with Crippen LogP contribution in [0.2, 0.25) is 0 Å². The highest BCUT2D eigenvalue weighted by molar-refractivity contribution is 6.03. The Hall–Kier alpha value is -2.86. The van der Waals surface area contributed by atoms with E-state index in [2.05, 4.69) is 5.32 Å². The quantitative estimate of drug-likeness (QED) is 0.808. The minimum Gasteiger partial charge on any atom is -0.399 e. The third kappa shape index (κ3) is 4.40. The van der Waals surface area contributed by atoms with E-state index >= 15 is 0 Å². The second kappa shape index (κ2) is 8.49. The van der Waals surface area contributed by atoms with Gasteiger partial charge < -0.3 is 20.7 Å². The number of morpholine rings is 1. The van der Waals surface area contributed by atoms with Crippen LogP contribution >= 0.6 is 0 Å². The van der Waals surface area contributed by atoms with E-state index < -0.39 is 0 Å². The van der Waals surface area contributed by atoms with Crippen LogP contribution < -0.4 is 11.1 Å². The summed E-state index contributed by atoms with van der Waals surface area (Å²) in [7, 11) is 0. The molecule has 2 amide bonds. The molecule has 1 saturated heterocycles. The number of nitrogens with two attached hydrogens (primary N) is 1. The average Bonchev–Trinajstić information content (AvgIpc) is 2.68. The molecule has 1 fully saturated rings. The second-order valence-corrected chi connectivity index (χ2v) is 6.20. The molecule has 0 radical (unpaired) electrons. The lowest BCUT2D eigenvalue weighted by Gasteiger charge is -2.27. The number of para-hydroxylation sites is 2. The summed E-state index contributed by atoms with van der Waals surface area (Å²) in [4.78, 5) is 26.8. The first-order valence-corrected chi connectivity index (χ1v) is 8.74. The maximum Gasteiger partial charge on any atom is 0.256 e. The summed E-state index contributed by atoms with van der Waals surface area (Å²) >= 11 is 0. The first-order valence-electron chi connectivity index (χ1n) is 8.74. The summed E-state index contributed by atoms with van der Waals surface area (Å²) < 4.78 is 5.29. The van der Waals surface area contributed by atoms with Crippen molar-refractivity contribution in [3.63, 3.8) is 0 Å². The van der Waals surface area contributed by atoms with Crippen molar-refractivity contribution in [3.8, 4) is 0 Å². The van der Waals surface area contributed by atoms with Crippen molar-refractivity contribution in [2.24, 2.45) is 0 Å². The topological polar surface area (TPSA) is 84.7 Å². The Kier molecular flexibility index (Phi) is 5.86. The first-order chi connectivity index (χ1) is 12.6. The van der Waals surface area contributed by atoms with Gasteiger partial charge in [0.2, 0.25) is 5.91 Å². The molecule has 136 valence electrons. The predicted octanol–water partition coefficient (Wildman–Crippen LogP) is 2.31. The molecule has 0 bridgehead atoms. The van der Waals surface area contributed by atoms with Gasteiger partial charge in [-0.2, -0.15) is 0 Å². The molecule has 1 aliphatic rings. The summed E-state index contributed by atoms with van der Waals surface area (Å²) in [6.07, 6.45) is 0.854. The van der Waals surface area contributed by atoms with Gasteiger partial charge in [-0.25, -0.2) is 0 Å². The van der Waals surface area contributed by atoms with Gasteiger partial charge in [0.05, 0.1) is 24.5 Å². The van der Waals surface area contributed by atoms with E-state index in [9.17, 15) is 9.59 Å². The highest BCUT2D eigenvalue weighted by atomic mass is 16.5. The van der Waals surface area contributed by atoms with Crippen molar-refractivity contribution < 1.29 is 14.3 Å². The average molecular weight is 353 g/mol. The molecule has 6 nitrogen and oxygen atoms in total. The van der Waals surface area contributed by atoms with Crippen LogP contribution in [0.4, 0.5) is 11.4 Å². The van der Waals surface area contributed by atoms with Gasteiger partial charge in [0, 0.05) is 25.2 Å². The van der Waals surface area contributed by atoms with Gasteiger partial charge >= 0.3 is 0 Å². The number of nitrogens with zero attached hydrogens (tertiary/aromatic N) is 1. The molecule has 0 aliphatic carbocycles. The van der Waals surface area contributed by atoms with Crippen molar-refractivity contribution in [3.05, 3.63) is 59.7 Å². The van der Waals surface area contributed by atoms with Crippen LogP contribution in [-0.2, 0) is 16.0 Å². The Labute approximate surface area is 152 Å². The number of nitrogen functional groups attached to an aromatic ring is 1. The molecular formula is C20H23N3O3. The number of anilines is 2. The molecule has 0 aromatic heterocycles. The first kappa shape index (κ1) is 17.9. The molecule has 0 atom stereocenters. The number of ether oxygens (including phenoxy) is 1. The summed E-state index contributed by atoms with van der Waals surface area (Å²) in [5, 5.41) is 2.86. The van der Waals surface area contributed by atoms with Crippen LogP contribution in [0, 0.1) is 0 Å². The number of carbonyl (C=O) groups excluding carboxylic acids is 2. The van der Waals surface area contributed by atoms with E-state index in [-0.39, 0.29) is 11.8 Å². The minimum atomic E-state index is -0.143. The molecule has 2 aromatic rings. The molecular weight excluding hydrogens is 330 g/mol. The molecule has 1 aliphatic heterocycles. The number of rotatable bonds is 5. The Morgan fingerprint density at radius 3 is 2.50 bits per heavy atom. The van der Waals surface area contributed by atoms with E-state index in [1.165, 1.54) is 0 Å². The molecule has 3 rings (SSSR count). The van der Waals surface area contributed by atoms with Crippen LogP contribution in [0.15, 0.2) is 48.5 Å². The Balaban J connectivity index is 1.65. The second-order valence-electron chi connectivity index (χ2n) is 6.20. The molecule has 2 aromatic carbocycles. The molecule has 3 N–H and O–H groups in total. The molecule has 26 heavy (non-hydrogen) atoms. The van der Waals surface area contributed by atoms with Crippen molar-refractivity contribution in [2.75, 3.05) is 37.4 Å². The number of carbonyl (C=O) groups is 2. The lowest BCUT2D eigenvalue weighted by atomic mass is 10.1. The van der Waals surface area contributed by atoms with E-state index in [0.29, 0.717) is 56.1 Å². The van der Waals surface area contributed by atoms with Crippen molar-refractivity contribution >= 4 is 23.2 Å². The number of hydrogen-bond donors (Lipinski definition) is 2. The molecule has 0 unspecified atom stereocenters. The summed E-state index contributed by atoms with van der Waals surface area (Å²) in [5.74, 6) is -0.230. The molecule has 6 heteroatoms. The zero-order valence-electron chi connectivity index (χ0n) is 14.6. The molecule has 0 spiro atoms. The van der Waals surface area contributed by atoms with E-state index in [1.54, 1.807) is 29.2 Å². The Morgan fingerprint density at radius 2 is 1.73 bits per heavy atom. The lowest BCUT2D eigenvalue weighted by molar-refractivity contribution is -0.116. The van der Waals surface area contributed by atoms with E-state index in [1.807, 2.05) is 24.3 Å². The number of amides is 2. The third-order valence-corrected chi connectivity index (χ3v) is 4.41. The zero-order valence-corrected chi connectivity index (χ0v) is 14.6. The monoisotopic (exact) mass is 353 g/mol. The Bertz CT molecular complexity index is 785. The normalized spacial score (nSPS) is 14.1. The van der Waals surface area contributed by atoms with E-state index in [4.69, 9.17) is 10.5 Å². The fourth-order valence-electron chi connectivity index (χ4n) is 2.94. The molecule has 0 saturated carbocycles. The van der Waals surface area contributed by atoms with Gasteiger partial charge in [-0.15, -0.1) is 0 Å². The number of aryl methyl sites for hydroxylation is 1. The highest BCUT2D eigenvalue weighted by Gasteiger charge is 2.21. The van der Waals surface area contributed by atoms with Gasteiger partial charge in [-0.05, 0) is 30.2 Å². The van der Waals surface area contributed by atoms with Crippen LogP contribution in [0.3, 0.4) is 0 Å². The lowest BCUT2D eigenvalue weighted by Crippen LogP contribution is -2.41. The fourth-order valence-corrected chi connectivity index (χ4v) is 2.94. The number of nitrogens with one attached hydrogen (secondary N) is 1. The summed E-state index contributed by atoms with van der Waals surface area (Å²) in [6, 6.07) is 14.6. The van der Waals surface area contributed by atoms with Crippen LogP contribution in [0.1, 0.15) is 22.3 Å². The van der Waals surface area contributed by atoms with Crippen LogP contribution in [0.5, 0.6) is 0 Å². The number of benzene rings is 2. The van der Waals surface area contributed by atoms with Gasteiger partial charge in [0.1, 0.15) is 0 Å². The van der Waals surface area contributed by atoms with Crippen LogP contribution in [0.25, 0.3) is 0 Å². The smallest absolute Gasteiger partial charge is 0.256 e. The number of hydrogen-bond acceptors (Lipinski definition) is 4. The van der Waals surface area contributed by atoms with Gasteiger partial charge in [-0.3, -0.25) is 9.59 Å². The standard InChI is InChI=1S/C20H23N3O3/c21-17-7-3-1-5-15(17)9-10-19(24)22-18-8-4-2-6-16(18)20(25)23-11-13-26-14-12-23/h1-8H,9-14,21H2,(H,22,24). The molecule has 1 heterocycles. The maximum atomic E-state index is 12.7. The van der Waals surface area contributed by atoms with Crippen molar-refractivity contribution in [2.45, 2.75) is 12.8 Å². The van der Waals surface area contributed by atoms with Crippen molar-refractivity contribution in [1.82, 2.24) is 4.90 Å². The summed E-state index contributed by atoms with van der Waals surface area (Å²) in [6.45, 7) is 2.21. The highest BCUT2D eigenvalue weighted by Crippen LogP contribution is 2.19. The van der Waals surface area contributed by atoms with Crippen molar-refractivity contribution in [1.29, 1.82) is 0 Å². The third-order valence-electron chi connectivity index (χ3n) is 4.41. The van der Waals surface area contributed by atoms with Crippen LogP contribution in [-0.4, -0.2) is 43.0 Å². The fraction of sp³-hybridized carbons (Fsp3) is 0.300. The van der Waals surface area contributed by atoms with Gasteiger partial charge in [0.15, 0.2) is 0 Å². The van der Waals surface area contributed by atoms with E-state index in [0.717, 1.165) is 5.56 Å². The largest absolute Gasteiger partial charge is 0.399 e. The van der Waals surface area contributed by atoms with Gasteiger partial charge in [-0.1, -0.05) is 30.3 Å².